The molecule has 0 aliphatic rings. The van der Waals surface area contributed by atoms with E-state index in [1.54, 1.807) is 0 Å². The van der Waals surface area contributed by atoms with Gasteiger partial charge in [0.05, 0.1) is 0 Å². The van der Waals surface area contributed by atoms with Crippen LogP contribution in [-0.2, 0) is 10.8 Å². The van der Waals surface area contributed by atoms with Gasteiger partial charge in [-0.1, -0.05) is 0 Å². The van der Waals surface area contributed by atoms with Gasteiger partial charge in [-0.2, -0.15) is 0 Å². The SMILES string of the molecule is [B]=COc1ccc2c(C(C)(C)C)sc(C(C)(C)C)c2c1. The zero-order chi connectivity index (χ0) is 15.1. The molecule has 105 valence electrons. The van der Waals surface area contributed by atoms with Gasteiger partial charge in [-0.15, -0.1) is 0 Å². The Morgan fingerprint density at radius 2 is 1.50 bits per heavy atom. The average Bonchev–Trinajstić information content (AvgIpc) is 2.67. The van der Waals surface area contributed by atoms with Crippen molar-refractivity contribution < 1.29 is 4.74 Å². The molecule has 0 amide bonds. The molecule has 0 aliphatic heterocycles. The molecule has 3 heteroatoms. The molecule has 1 heterocycles. The second-order valence-electron chi connectivity index (χ2n) is 7.22. The van der Waals surface area contributed by atoms with Gasteiger partial charge in [0.15, 0.2) is 0 Å². The van der Waals surface area contributed by atoms with Gasteiger partial charge in [-0.3, -0.25) is 0 Å². The number of ether oxygens (including phenoxy) is 1. The monoisotopic (exact) mass is 285 g/mol. The molecule has 20 heavy (non-hydrogen) atoms. The number of benzene rings is 1. The van der Waals surface area contributed by atoms with Crippen LogP contribution in [0, 0.1) is 0 Å². The fraction of sp³-hybridized carbons (Fsp3) is 0.471. The number of fused-ring (bicyclic) bond motifs is 1. The van der Waals surface area contributed by atoms with Gasteiger partial charge in [0.25, 0.3) is 0 Å². The molecule has 0 saturated carbocycles. The Balaban J connectivity index is 2.77. The fourth-order valence-electron chi connectivity index (χ4n) is 2.39. The second kappa shape index (κ2) is 5.03. The first-order valence-corrected chi connectivity index (χ1v) is 7.74. The minimum atomic E-state index is 0.122. The van der Waals surface area contributed by atoms with Crippen LogP contribution in [0.2, 0.25) is 0 Å². The molecule has 1 nitrogen and oxygen atoms in total. The Morgan fingerprint density at radius 3 is 2.00 bits per heavy atom. The number of thiophene rings is 1. The van der Waals surface area contributed by atoms with Gasteiger partial charge in [0.2, 0.25) is 0 Å². The first-order chi connectivity index (χ1) is 9.14. The van der Waals surface area contributed by atoms with Crippen molar-refractivity contribution in [1.29, 1.82) is 0 Å². The summed E-state index contributed by atoms with van der Waals surface area (Å²) in [6.07, 6.45) is 1.23. The second-order valence-corrected chi connectivity index (χ2v) is 8.24. The van der Waals surface area contributed by atoms with Crippen molar-refractivity contribution in [3.8, 4) is 5.75 Å². The third kappa shape index (κ3) is 2.83. The molecule has 2 aromatic rings. The fourth-order valence-corrected chi connectivity index (χ4v) is 3.77. The normalized spacial score (nSPS) is 12.7. The van der Waals surface area contributed by atoms with Crippen molar-refractivity contribution in [2.45, 2.75) is 52.4 Å². The van der Waals surface area contributed by atoms with Crippen molar-refractivity contribution in [2.75, 3.05) is 0 Å². The number of hydrogen-bond acceptors (Lipinski definition) is 2. The van der Waals surface area contributed by atoms with Crippen molar-refractivity contribution >= 4 is 35.7 Å². The van der Waals surface area contributed by atoms with Gasteiger partial charge >= 0.3 is 127 Å². The summed E-state index contributed by atoms with van der Waals surface area (Å²) in [6, 6.07) is 6.24. The van der Waals surface area contributed by atoms with Crippen LogP contribution in [0.3, 0.4) is 0 Å². The van der Waals surface area contributed by atoms with Gasteiger partial charge in [-0.25, -0.2) is 0 Å². The zero-order valence-corrected chi connectivity index (χ0v) is 14.0. The van der Waals surface area contributed by atoms with E-state index in [-0.39, 0.29) is 10.8 Å². The van der Waals surface area contributed by atoms with E-state index in [2.05, 4.69) is 53.7 Å². The van der Waals surface area contributed by atoms with Crippen LogP contribution in [0.1, 0.15) is 51.3 Å². The summed E-state index contributed by atoms with van der Waals surface area (Å²) >= 11 is 1.92. The maximum atomic E-state index is 5.36. The van der Waals surface area contributed by atoms with E-state index in [0.717, 1.165) is 5.75 Å². The van der Waals surface area contributed by atoms with E-state index in [4.69, 9.17) is 12.2 Å². The molecular formula is C17H22BOS. The summed E-state index contributed by atoms with van der Waals surface area (Å²) in [4.78, 5) is 2.83. The predicted molar refractivity (Wildman–Crippen MR) is 91.7 cm³/mol. The molecule has 0 unspecified atom stereocenters. The summed E-state index contributed by atoms with van der Waals surface area (Å²) in [6.45, 7) is 13.6. The summed E-state index contributed by atoms with van der Waals surface area (Å²) < 4.78 is 5.33. The topological polar surface area (TPSA) is 9.23 Å². The molecule has 0 saturated heterocycles. The van der Waals surface area contributed by atoms with Gasteiger partial charge in [0, 0.05) is 0 Å². The van der Waals surface area contributed by atoms with Crippen LogP contribution in [0.15, 0.2) is 18.2 Å². The van der Waals surface area contributed by atoms with E-state index in [1.165, 1.54) is 26.7 Å². The third-order valence-electron chi connectivity index (χ3n) is 3.25. The Morgan fingerprint density at radius 1 is 0.950 bits per heavy atom. The molecule has 0 spiro atoms. The van der Waals surface area contributed by atoms with Crippen LogP contribution in [-0.4, -0.2) is 13.6 Å². The number of hydrogen-bond donors (Lipinski definition) is 0. The molecule has 0 atom stereocenters. The van der Waals surface area contributed by atoms with E-state index < -0.39 is 0 Å². The minimum absolute atomic E-state index is 0.122. The predicted octanol–water partition coefficient (Wildman–Crippen LogP) is 4.80. The molecule has 0 bridgehead atoms. The maximum absolute atomic E-state index is 5.36. The Hall–Kier alpha value is -1.09. The van der Waals surface area contributed by atoms with E-state index in [1.807, 2.05) is 17.4 Å². The molecular weight excluding hydrogens is 263 g/mol. The summed E-state index contributed by atoms with van der Waals surface area (Å²) in [5.74, 6) is 0.795. The first kappa shape index (κ1) is 15.3. The van der Waals surface area contributed by atoms with Crippen LogP contribution in [0.4, 0.5) is 0 Å². The van der Waals surface area contributed by atoms with Gasteiger partial charge in [-0.05, 0) is 0 Å². The van der Waals surface area contributed by atoms with E-state index >= 15 is 0 Å². The molecule has 0 aliphatic carbocycles. The average molecular weight is 285 g/mol. The van der Waals surface area contributed by atoms with E-state index in [0.29, 0.717) is 0 Å². The molecule has 1 aromatic carbocycles. The van der Waals surface area contributed by atoms with Crippen LogP contribution in [0.25, 0.3) is 10.8 Å². The standard InChI is InChI=1S/C17H22BOS/c1-16(2,3)14-12-8-7-11(19-10-18)9-13(12)15(20-14)17(4,5)6/h7-10H,1-6H3. The van der Waals surface area contributed by atoms with Gasteiger partial charge < -0.3 is 0 Å². The number of rotatable bonds is 2. The quantitative estimate of drug-likeness (QED) is 0.720. The summed E-state index contributed by atoms with van der Waals surface area (Å²) in [7, 11) is 5.36. The first-order valence-electron chi connectivity index (χ1n) is 6.92. The molecule has 1 aromatic heterocycles. The Labute approximate surface area is 127 Å². The van der Waals surface area contributed by atoms with E-state index in [9.17, 15) is 0 Å². The molecule has 0 N–H and O–H groups in total. The third-order valence-corrected chi connectivity index (χ3v) is 5.32. The summed E-state index contributed by atoms with van der Waals surface area (Å²) in [5, 5.41) is 2.61. The Bertz CT molecular complexity index is 641. The van der Waals surface area contributed by atoms with Crippen molar-refractivity contribution in [2.24, 2.45) is 0 Å². The molecule has 1 radical (unpaired) electrons. The van der Waals surface area contributed by atoms with Crippen molar-refractivity contribution in [3.63, 3.8) is 0 Å². The molecule has 0 fully saturated rings. The zero-order valence-electron chi connectivity index (χ0n) is 13.2. The Kier molecular flexibility index (Phi) is 3.85. The van der Waals surface area contributed by atoms with Gasteiger partial charge in [0.1, 0.15) is 0 Å². The van der Waals surface area contributed by atoms with Crippen LogP contribution in [0.5, 0.6) is 5.75 Å². The van der Waals surface area contributed by atoms with Crippen molar-refractivity contribution in [3.05, 3.63) is 28.0 Å². The molecule has 2 rings (SSSR count). The van der Waals surface area contributed by atoms with Crippen LogP contribution >= 0.6 is 11.3 Å². The summed E-state index contributed by atoms with van der Waals surface area (Å²) in [5.41, 5.74) is 0.270. The van der Waals surface area contributed by atoms with Crippen molar-refractivity contribution in [1.82, 2.24) is 0 Å². The van der Waals surface area contributed by atoms with Crippen LogP contribution < -0.4 is 4.74 Å².